The van der Waals surface area contributed by atoms with E-state index in [1.54, 1.807) is 24.3 Å². The summed E-state index contributed by atoms with van der Waals surface area (Å²) in [4.78, 5) is 24.5. The quantitative estimate of drug-likeness (QED) is 0.437. The Kier molecular flexibility index (Phi) is 5.81. The Balaban J connectivity index is 2.44. The summed E-state index contributed by atoms with van der Waals surface area (Å²) in [6.45, 7) is 3.66. The SMILES string of the molecule is CC(C)NC(=O)C(Nc1n[nH]c(=S)s1)C(N)(C=O)c1ccccc1. The van der Waals surface area contributed by atoms with E-state index in [2.05, 4.69) is 20.8 Å². The highest BCUT2D eigenvalue weighted by Crippen LogP contribution is 2.24. The van der Waals surface area contributed by atoms with E-state index in [0.717, 1.165) is 11.3 Å². The number of H-pyrrole nitrogens is 1. The zero-order valence-corrected chi connectivity index (χ0v) is 14.9. The molecule has 0 bridgehead atoms. The van der Waals surface area contributed by atoms with E-state index in [1.807, 2.05) is 19.9 Å². The van der Waals surface area contributed by atoms with Crippen molar-refractivity contribution in [1.82, 2.24) is 15.5 Å². The maximum absolute atomic E-state index is 12.7. The van der Waals surface area contributed by atoms with Gasteiger partial charge in [0, 0.05) is 6.04 Å². The average molecular weight is 365 g/mol. The van der Waals surface area contributed by atoms with Crippen molar-refractivity contribution in [1.29, 1.82) is 0 Å². The van der Waals surface area contributed by atoms with Gasteiger partial charge in [-0.05, 0) is 31.6 Å². The van der Waals surface area contributed by atoms with E-state index in [-0.39, 0.29) is 6.04 Å². The number of rotatable bonds is 7. The van der Waals surface area contributed by atoms with Crippen molar-refractivity contribution >= 4 is 40.9 Å². The minimum absolute atomic E-state index is 0.106. The molecule has 9 heteroatoms. The van der Waals surface area contributed by atoms with Gasteiger partial charge in [-0.1, -0.05) is 41.7 Å². The summed E-state index contributed by atoms with van der Waals surface area (Å²) in [6.07, 6.45) is 0.575. The van der Waals surface area contributed by atoms with Crippen molar-refractivity contribution < 1.29 is 9.59 Å². The lowest BCUT2D eigenvalue weighted by Crippen LogP contribution is -2.60. The van der Waals surface area contributed by atoms with Crippen LogP contribution in [0.2, 0.25) is 0 Å². The molecule has 5 N–H and O–H groups in total. The largest absolute Gasteiger partial charge is 0.352 e. The van der Waals surface area contributed by atoms with E-state index < -0.39 is 17.5 Å². The number of aromatic amines is 1. The predicted octanol–water partition coefficient (Wildman–Crippen LogP) is 1.56. The van der Waals surface area contributed by atoms with E-state index >= 15 is 0 Å². The Hall–Kier alpha value is -2.10. The number of nitrogens with one attached hydrogen (secondary N) is 3. The second-order valence-corrected chi connectivity index (χ2v) is 7.24. The average Bonchev–Trinajstić information content (AvgIpc) is 2.97. The molecule has 0 saturated carbocycles. The van der Waals surface area contributed by atoms with Gasteiger partial charge in [-0.25, -0.2) is 0 Å². The molecule has 0 aliphatic rings. The number of amides is 1. The second-order valence-electron chi connectivity index (χ2n) is 5.58. The summed E-state index contributed by atoms with van der Waals surface area (Å²) in [5.74, 6) is -0.399. The van der Waals surface area contributed by atoms with Crippen LogP contribution in [0.25, 0.3) is 0 Å². The molecule has 0 fully saturated rings. The lowest BCUT2D eigenvalue weighted by atomic mass is 9.84. The number of carbonyl (C=O) groups excluding carboxylic acids is 2. The fourth-order valence-electron chi connectivity index (χ4n) is 2.21. The van der Waals surface area contributed by atoms with Crippen LogP contribution in [0.3, 0.4) is 0 Å². The lowest BCUT2D eigenvalue weighted by molar-refractivity contribution is -0.126. The van der Waals surface area contributed by atoms with Crippen LogP contribution in [-0.2, 0) is 15.1 Å². The lowest BCUT2D eigenvalue weighted by Gasteiger charge is -2.33. The molecule has 2 rings (SSSR count). The fraction of sp³-hybridized carbons (Fsp3) is 0.333. The molecule has 1 amide bonds. The molecule has 2 unspecified atom stereocenters. The second kappa shape index (κ2) is 7.65. The summed E-state index contributed by atoms with van der Waals surface area (Å²) in [5.41, 5.74) is 5.31. The maximum Gasteiger partial charge on any atom is 0.245 e. The minimum Gasteiger partial charge on any atom is -0.352 e. The summed E-state index contributed by atoms with van der Waals surface area (Å²) in [5, 5.41) is 12.7. The molecule has 0 aliphatic heterocycles. The first-order valence-corrected chi connectivity index (χ1v) is 8.52. The van der Waals surface area contributed by atoms with Crippen LogP contribution < -0.4 is 16.4 Å². The van der Waals surface area contributed by atoms with Gasteiger partial charge in [0.15, 0.2) is 3.95 Å². The first-order valence-electron chi connectivity index (χ1n) is 7.30. The van der Waals surface area contributed by atoms with Crippen molar-refractivity contribution in [2.24, 2.45) is 5.73 Å². The van der Waals surface area contributed by atoms with Gasteiger partial charge >= 0.3 is 0 Å². The number of hydrogen-bond acceptors (Lipinski definition) is 7. The molecule has 0 radical (unpaired) electrons. The van der Waals surface area contributed by atoms with Crippen LogP contribution in [-0.4, -0.2) is 34.5 Å². The van der Waals surface area contributed by atoms with Gasteiger partial charge in [0.25, 0.3) is 0 Å². The van der Waals surface area contributed by atoms with Gasteiger partial charge in [-0.15, -0.1) is 5.10 Å². The molecule has 1 aromatic heterocycles. The minimum atomic E-state index is -1.56. The molecule has 0 aliphatic carbocycles. The van der Waals surface area contributed by atoms with Crippen molar-refractivity contribution in [3.8, 4) is 0 Å². The van der Waals surface area contributed by atoms with Gasteiger partial charge in [0.2, 0.25) is 11.0 Å². The number of nitrogens with two attached hydrogens (primary N) is 1. The van der Waals surface area contributed by atoms with Crippen molar-refractivity contribution in [2.45, 2.75) is 31.5 Å². The van der Waals surface area contributed by atoms with Crippen molar-refractivity contribution in [3.63, 3.8) is 0 Å². The standard InChI is InChI=1S/C15H19N5O2S2/c1-9(2)17-12(22)11(18-13-19-20-14(23)24-13)15(16,8-21)10-6-4-3-5-7-10/h3-9,11H,16H2,1-2H3,(H,17,22)(H,18,19)(H,20,23). The third-order valence-corrected chi connectivity index (χ3v) is 4.37. The number of aldehydes is 1. The number of hydrogen-bond donors (Lipinski definition) is 4. The number of carbonyl (C=O) groups is 2. The number of nitrogens with zero attached hydrogens (tertiary/aromatic N) is 1. The Bertz CT molecular complexity index is 758. The van der Waals surface area contributed by atoms with Crippen LogP contribution >= 0.6 is 23.6 Å². The van der Waals surface area contributed by atoms with Crippen molar-refractivity contribution in [3.05, 3.63) is 39.8 Å². The van der Waals surface area contributed by atoms with Crippen LogP contribution in [0, 0.1) is 3.95 Å². The molecule has 0 spiro atoms. The van der Waals surface area contributed by atoms with Gasteiger partial charge in [-0.3, -0.25) is 9.89 Å². The molecule has 24 heavy (non-hydrogen) atoms. The summed E-state index contributed by atoms with van der Waals surface area (Å²) in [6, 6.07) is 7.59. The molecule has 1 heterocycles. The van der Waals surface area contributed by atoms with Crippen LogP contribution in [0.5, 0.6) is 0 Å². The molecule has 7 nitrogen and oxygen atoms in total. The first kappa shape index (κ1) is 18.2. The molecular weight excluding hydrogens is 346 g/mol. The molecule has 1 aromatic carbocycles. The number of benzene rings is 1. The molecular formula is C15H19N5O2S2. The van der Waals surface area contributed by atoms with Crippen LogP contribution in [0.1, 0.15) is 19.4 Å². The molecule has 2 aromatic rings. The van der Waals surface area contributed by atoms with E-state index in [9.17, 15) is 9.59 Å². The monoisotopic (exact) mass is 365 g/mol. The highest BCUT2D eigenvalue weighted by Gasteiger charge is 2.42. The van der Waals surface area contributed by atoms with Gasteiger partial charge in [0.1, 0.15) is 17.9 Å². The van der Waals surface area contributed by atoms with E-state index in [4.69, 9.17) is 18.0 Å². The Morgan fingerprint density at radius 3 is 2.58 bits per heavy atom. The van der Waals surface area contributed by atoms with Gasteiger partial charge in [0.05, 0.1) is 0 Å². The zero-order valence-electron chi connectivity index (χ0n) is 13.3. The number of aromatic nitrogens is 2. The molecule has 2 atom stereocenters. The van der Waals surface area contributed by atoms with Crippen LogP contribution in [0.4, 0.5) is 5.13 Å². The predicted molar refractivity (Wildman–Crippen MR) is 96.4 cm³/mol. The van der Waals surface area contributed by atoms with E-state index in [0.29, 0.717) is 20.9 Å². The third-order valence-electron chi connectivity index (χ3n) is 3.35. The summed E-state index contributed by atoms with van der Waals surface area (Å²) >= 11 is 6.16. The van der Waals surface area contributed by atoms with Gasteiger partial charge in [-0.2, -0.15) is 0 Å². The Labute approximate surface area is 148 Å². The maximum atomic E-state index is 12.7. The smallest absolute Gasteiger partial charge is 0.245 e. The van der Waals surface area contributed by atoms with E-state index in [1.165, 1.54) is 0 Å². The molecule has 128 valence electrons. The molecule has 0 saturated heterocycles. The third kappa shape index (κ3) is 4.05. The Morgan fingerprint density at radius 2 is 2.08 bits per heavy atom. The van der Waals surface area contributed by atoms with Crippen molar-refractivity contribution in [2.75, 3.05) is 5.32 Å². The zero-order chi connectivity index (χ0) is 17.7. The van der Waals surface area contributed by atoms with Crippen LogP contribution in [0.15, 0.2) is 30.3 Å². The highest BCUT2D eigenvalue weighted by molar-refractivity contribution is 7.73. The highest BCUT2D eigenvalue weighted by atomic mass is 32.1. The Morgan fingerprint density at radius 1 is 1.42 bits per heavy atom. The first-order chi connectivity index (χ1) is 11.4. The fourth-order valence-corrected chi connectivity index (χ4v) is 3.03. The summed E-state index contributed by atoms with van der Waals surface area (Å²) < 4.78 is 0.453. The summed E-state index contributed by atoms with van der Waals surface area (Å²) in [7, 11) is 0. The normalized spacial score (nSPS) is 14.7. The number of anilines is 1. The topological polar surface area (TPSA) is 113 Å². The van der Waals surface area contributed by atoms with Gasteiger partial charge < -0.3 is 21.2 Å².